The Hall–Kier alpha value is -1.11. The van der Waals surface area contributed by atoms with Crippen molar-refractivity contribution < 1.29 is 17.9 Å². The van der Waals surface area contributed by atoms with Crippen LogP contribution in [0.15, 0.2) is 24.3 Å². The molecular weight excluding hydrogens is 314 g/mol. The Morgan fingerprint density at radius 3 is 2.57 bits per heavy atom. The summed E-state index contributed by atoms with van der Waals surface area (Å²) in [7, 11) is -2.14. The topological polar surface area (TPSA) is 63.7 Å². The first-order valence-electron chi connectivity index (χ1n) is 6.68. The van der Waals surface area contributed by atoms with Crippen LogP contribution in [0.3, 0.4) is 0 Å². The van der Waals surface area contributed by atoms with Crippen LogP contribution in [0, 0.1) is 0 Å². The Kier molecular flexibility index (Phi) is 7.14. The third kappa shape index (κ3) is 5.65. The Morgan fingerprint density at radius 2 is 2.00 bits per heavy atom. The average molecular weight is 334 g/mol. The Bertz CT molecular complexity index is 574. The van der Waals surface area contributed by atoms with Crippen molar-refractivity contribution in [1.29, 1.82) is 0 Å². The number of benzene rings is 1. The fourth-order valence-electron chi connectivity index (χ4n) is 1.85. The highest BCUT2D eigenvalue weighted by molar-refractivity contribution is 7.89. The Morgan fingerprint density at radius 1 is 1.33 bits per heavy atom. The number of methoxy groups -OCH3 is 1. The zero-order valence-corrected chi connectivity index (χ0v) is 13.8. The molecule has 0 spiro atoms. The minimum absolute atomic E-state index is 0.0829. The van der Waals surface area contributed by atoms with E-state index in [4.69, 9.17) is 11.6 Å². The van der Waals surface area contributed by atoms with Gasteiger partial charge in [0.05, 0.1) is 12.9 Å². The van der Waals surface area contributed by atoms with Crippen LogP contribution < -0.4 is 0 Å². The van der Waals surface area contributed by atoms with Crippen molar-refractivity contribution in [1.82, 2.24) is 4.31 Å². The average Bonchev–Trinajstić information content (AvgIpc) is 2.45. The highest BCUT2D eigenvalue weighted by Gasteiger charge is 2.21. The van der Waals surface area contributed by atoms with Gasteiger partial charge in [0.2, 0.25) is 10.0 Å². The predicted octanol–water partition coefficient (Wildman–Crippen LogP) is 2.44. The van der Waals surface area contributed by atoms with E-state index in [-0.39, 0.29) is 25.1 Å². The molecule has 0 bridgehead atoms. The normalized spacial score (nSPS) is 11.6. The molecule has 0 aliphatic heterocycles. The molecule has 0 saturated carbocycles. The minimum Gasteiger partial charge on any atom is -0.469 e. The molecule has 0 atom stereocenters. The summed E-state index contributed by atoms with van der Waals surface area (Å²) in [5, 5.41) is 0.542. The number of esters is 1. The van der Waals surface area contributed by atoms with E-state index in [0.29, 0.717) is 11.6 Å². The molecule has 7 heteroatoms. The third-order valence-corrected chi connectivity index (χ3v) is 5.41. The minimum atomic E-state index is -3.42. The molecule has 0 heterocycles. The quantitative estimate of drug-likeness (QED) is 0.685. The lowest BCUT2D eigenvalue weighted by Gasteiger charge is -2.21. The number of hydrogen-bond donors (Lipinski definition) is 0. The van der Waals surface area contributed by atoms with Gasteiger partial charge in [-0.3, -0.25) is 4.79 Å². The molecule has 0 amide bonds. The van der Waals surface area contributed by atoms with E-state index in [2.05, 4.69) is 4.74 Å². The van der Waals surface area contributed by atoms with Gasteiger partial charge in [0.1, 0.15) is 0 Å². The molecule has 118 valence electrons. The molecule has 0 saturated heterocycles. The van der Waals surface area contributed by atoms with Gasteiger partial charge < -0.3 is 4.74 Å². The van der Waals surface area contributed by atoms with E-state index in [1.165, 1.54) is 11.4 Å². The fraction of sp³-hybridized carbons (Fsp3) is 0.500. The van der Waals surface area contributed by atoms with Crippen LogP contribution in [-0.4, -0.2) is 38.1 Å². The number of carbonyl (C=O) groups excluding carboxylic acids is 1. The molecule has 1 rings (SSSR count). The fourth-order valence-corrected chi connectivity index (χ4v) is 3.55. The first-order valence-corrected chi connectivity index (χ1v) is 8.67. The zero-order chi connectivity index (χ0) is 15.9. The van der Waals surface area contributed by atoms with E-state index in [9.17, 15) is 13.2 Å². The maximum Gasteiger partial charge on any atom is 0.305 e. The number of rotatable bonds is 8. The molecule has 1 aromatic carbocycles. The summed E-state index contributed by atoms with van der Waals surface area (Å²) in [5.41, 5.74) is 0.762. The molecule has 0 aromatic heterocycles. The number of hydrogen-bond acceptors (Lipinski definition) is 4. The maximum absolute atomic E-state index is 12.3. The number of halogens is 1. The molecule has 0 aliphatic rings. The van der Waals surface area contributed by atoms with E-state index >= 15 is 0 Å². The van der Waals surface area contributed by atoms with Crippen LogP contribution in [0.5, 0.6) is 0 Å². The highest BCUT2D eigenvalue weighted by atomic mass is 35.5. The lowest BCUT2D eigenvalue weighted by atomic mass is 10.2. The molecular formula is C14H20ClNO4S. The first-order chi connectivity index (χ1) is 9.90. The molecule has 0 N–H and O–H groups in total. The lowest BCUT2D eigenvalue weighted by molar-refractivity contribution is -0.140. The van der Waals surface area contributed by atoms with Crippen LogP contribution in [0.25, 0.3) is 0 Å². The monoisotopic (exact) mass is 333 g/mol. The van der Waals surface area contributed by atoms with Gasteiger partial charge in [-0.2, -0.15) is 4.31 Å². The van der Waals surface area contributed by atoms with Crippen molar-refractivity contribution in [3.8, 4) is 0 Å². The van der Waals surface area contributed by atoms with Crippen molar-refractivity contribution >= 4 is 27.6 Å². The molecule has 1 aromatic rings. The number of sulfonamides is 1. The summed E-state index contributed by atoms with van der Waals surface area (Å²) < 4.78 is 30.4. The standard InChI is InChI=1S/C14H20ClNO4S/c1-3-16(11-12-7-4-5-8-13(12)15)21(18,19)10-6-9-14(17)20-2/h4-5,7-8H,3,6,9-11H2,1-2H3. The molecule has 0 aliphatic carbocycles. The van der Waals surface area contributed by atoms with Crippen molar-refractivity contribution in [2.75, 3.05) is 19.4 Å². The SMILES string of the molecule is CCN(Cc1ccccc1Cl)S(=O)(=O)CCCC(=O)OC. The van der Waals surface area contributed by atoms with Crippen molar-refractivity contribution in [2.45, 2.75) is 26.3 Å². The highest BCUT2D eigenvalue weighted by Crippen LogP contribution is 2.19. The van der Waals surface area contributed by atoms with Gasteiger partial charge in [-0.1, -0.05) is 36.7 Å². The largest absolute Gasteiger partial charge is 0.469 e. The summed E-state index contributed by atoms with van der Waals surface area (Å²) in [6, 6.07) is 7.15. The summed E-state index contributed by atoms with van der Waals surface area (Å²) in [6.07, 6.45) is 0.341. The van der Waals surface area contributed by atoms with Gasteiger partial charge in [0, 0.05) is 24.5 Å². The number of carbonyl (C=O) groups is 1. The van der Waals surface area contributed by atoms with Crippen LogP contribution in [0.1, 0.15) is 25.3 Å². The molecule has 0 unspecified atom stereocenters. The molecule has 0 radical (unpaired) electrons. The van der Waals surface area contributed by atoms with Crippen LogP contribution in [0.4, 0.5) is 0 Å². The van der Waals surface area contributed by atoms with Gasteiger partial charge in [-0.05, 0) is 18.1 Å². The van der Waals surface area contributed by atoms with Gasteiger partial charge >= 0.3 is 5.97 Å². The van der Waals surface area contributed by atoms with E-state index in [1.54, 1.807) is 25.1 Å². The number of ether oxygens (including phenoxy) is 1. The van der Waals surface area contributed by atoms with E-state index < -0.39 is 16.0 Å². The van der Waals surface area contributed by atoms with Gasteiger partial charge in [0.15, 0.2) is 0 Å². The summed E-state index contributed by atoms with van der Waals surface area (Å²) in [4.78, 5) is 11.0. The van der Waals surface area contributed by atoms with Crippen LogP contribution in [-0.2, 0) is 26.1 Å². The predicted molar refractivity (Wildman–Crippen MR) is 82.6 cm³/mol. The van der Waals surface area contributed by atoms with E-state index in [0.717, 1.165) is 5.56 Å². The van der Waals surface area contributed by atoms with Crippen LogP contribution in [0.2, 0.25) is 5.02 Å². The first kappa shape index (κ1) is 17.9. The second-order valence-corrected chi connectivity index (χ2v) is 7.01. The summed E-state index contributed by atoms with van der Waals surface area (Å²) >= 11 is 6.06. The second kappa shape index (κ2) is 8.36. The van der Waals surface area contributed by atoms with Crippen molar-refractivity contribution in [3.05, 3.63) is 34.9 Å². The summed E-state index contributed by atoms with van der Waals surface area (Å²) in [6.45, 7) is 2.36. The van der Waals surface area contributed by atoms with Gasteiger partial charge in [0.25, 0.3) is 0 Å². The molecule has 21 heavy (non-hydrogen) atoms. The number of nitrogens with zero attached hydrogens (tertiary/aromatic N) is 1. The Balaban J connectivity index is 2.70. The van der Waals surface area contributed by atoms with E-state index in [1.807, 2.05) is 6.07 Å². The van der Waals surface area contributed by atoms with Gasteiger partial charge in [-0.25, -0.2) is 8.42 Å². The maximum atomic E-state index is 12.3. The molecule has 5 nitrogen and oxygen atoms in total. The Labute approximate surface area is 130 Å². The second-order valence-electron chi connectivity index (χ2n) is 4.51. The van der Waals surface area contributed by atoms with Gasteiger partial charge in [-0.15, -0.1) is 0 Å². The third-order valence-electron chi connectivity index (χ3n) is 3.06. The molecule has 0 fully saturated rings. The summed E-state index contributed by atoms with van der Waals surface area (Å²) in [5.74, 6) is -0.486. The lowest BCUT2D eigenvalue weighted by Crippen LogP contribution is -2.32. The van der Waals surface area contributed by atoms with Crippen molar-refractivity contribution in [3.63, 3.8) is 0 Å². The van der Waals surface area contributed by atoms with Crippen molar-refractivity contribution in [2.24, 2.45) is 0 Å². The zero-order valence-electron chi connectivity index (χ0n) is 12.2. The smallest absolute Gasteiger partial charge is 0.305 e. The van der Waals surface area contributed by atoms with Crippen LogP contribution >= 0.6 is 11.6 Å².